The fraction of sp³-hybridized carbons (Fsp3) is 0.435. The summed E-state index contributed by atoms with van der Waals surface area (Å²) in [5, 5.41) is 9.97. The second-order valence-corrected chi connectivity index (χ2v) is 7.74. The maximum absolute atomic E-state index is 9.97. The molecular weight excluding hydrogens is 290 g/mol. The lowest BCUT2D eigenvalue weighted by Crippen LogP contribution is -2.38. The molecule has 0 N–H and O–H groups in total. The largest absolute Gasteiger partial charge is 0.197 e. The average Bonchev–Trinajstić information content (AvgIpc) is 2.68. The molecule has 2 aliphatic carbocycles. The maximum Gasteiger partial charge on any atom is 0.0825 e. The van der Waals surface area contributed by atoms with Gasteiger partial charge in [0.15, 0.2) is 0 Å². The maximum atomic E-state index is 9.97. The van der Waals surface area contributed by atoms with Crippen molar-refractivity contribution in [2.24, 2.45) is 11.8 Å². The van der Waals surface area contributed by atoms with Crippen molar-refractivity contribution in [3.63, 3.8) is 0 Å². The highest BCUT2D eigenvalue weighted by Crippen LogP contribution is 2.52. The molecule has 2 aromatic carbocycles. The van der Waals surface area contributed by atoms with Crippen LogP contribution in [0, 0.1) is 23.2 Å². The second kappa shape index (κ2) is 6.44. The van der Waals surface area contributed by atoms with E-state index in [0.29, 0.717) is 0 Å². The summed E-state index contributed by atoms with van der Waals surface area (Å²) in [6.45, 7) is 0. The summed E-state index contributed by atoms with van der Waals surface area (Å²) in [6, 6.07) is 24.2. The second-order valence-electron chi connectivity index (χ2n) is 7.74. The van der Waals surface area contributed by atoms with Gasteiger partial charge in [-0.15, -0.1) is 0 Å². The molecule has 4 atom stereocenters. The first-order chi connectivity index (χ1) is 11.8. The van der Waals surface area contributed by atoms with E-state index < -0.39 is 0 Å². The van der Waals surface area contributed by atoms with E-state index in [0.717, 1.165) is 30.6 Å². The fourth-order valence-corrected chi connectivity index (χ4v) is 5.14. The Morgan fingerprint density at radius 3 is 2.25 bits per heavy atom. The highest BCUT2D eigenvalue weighted by Gasteiger charge is 2.44. The minimum Gasteiger partial charge on any atom is -0.197 e. The molecule has 1 heteroatoms. The summed E-state index contributed by atoms with van der Waals surface area (Å²) in [7, 11) is 0. The summed E-state index contributed by atoms with van der Waals surface area (Å²) in [4.78, 5) is 0. The molecule has 4 rings (SSSR count). The van der Waals surface area contributed by atoms with Gasteiger partial charge in [0.25, 0.3) is 0 Å². The van der Waals surface area contributed by atoms with Crippen LogP contribution in [0.25, 0.3) is 0 Å². The van der Waals surface area contributed by atoms with Crippen LogP contribution in [0.2, 0.25) is 0 Å². The molecule has 24 heavy (non-hydrogen) atoms. The Bertz CT molecular complexity index is 715. The van der Waals surface area contributed by atoms with Crippen molar-refractivity contribution in [3.8, 4) is 6.07 Å². The molecule has 2 aliphatic rings. The predicted octanol–water partition coefficient (Wildman–Crippen LogP) is 5.83. The van der Waals surface area contributed by atoms with Gasteiger partial charge in [-0.3, -0.25) is 0 Å². The number of hydrogen-bond acceptors (Lipinski definition) is 1. The van der Waals surface area contributed by atoms with Crippen molar-refractivity contribution in [2.45, 2.75) is 49.9 Å². The first kappa shape index (κ1) is 15.5. The molecule has 0 aliphatic heterocycles. The van der Waals surface area contributed by atoms with Crippen molar-refractivity contribution < 1.29 is 0 Å². The molecular formula is C23H25N. The summed E-state index contributed by atoms with van der Waals surface area (Å²) < 4.78 is 0. The first-order valence-corrected chi connectivity index (χ1v) is 9.32. The Morgan fingerprint density at radius 2 is 1.54 bits per heavy atom. The number of hydrogen-bond donors (Lipinski definition) is 0. The Labute approximate surface area is 145 Å². The molecule has 2 fully saturated rings. The van der Waals surface area contributed by atoms with Crippen LogP contribution in [0.15, 0.2) is 60.7 Å². The van der Waals surface area contributed by atoms with Gasteiger partial charge in [0, 0.05) is 0 Å². The van der Waals surface area contributed by atoms with E-state index in [9.17, 15) is 5.26 Å². The third-order valence-corrected chi connectivity index (χ3v) is 6.50. The van der Waals surface area contributed by atoms with Crippen LogP contribution in [-0.4, -0.2) is 0 Å². The topological polar surface area (TPSA) is 23.8 Å². The molecule has 1 nitrogen and oxygen atoms in total. The number of nitrogens with zero attached hydrogens (tertiary/aromatic N) is 1. The summed E-state index contributed by atoms with van der Waals surface area (Å²) in [5.74, 6) is 2.24. The van der Waals surface area contributed by atoms with Gasteiger partial charge >= 0.3 is 0 Å². The third kappa shape index (κ3) is 2.75. The van der Waals surface area contributed by atoms with E-state index >= 15 is 0 Å². The van der Waals surface area contributed by atoms with E-state index in [-0.39, 0.29) is 5.41 Å². The Kier molecular flexibility index (Phi) is 4.15. The van der Waals surface area contributed by atoms with Gasteiger partial charge in [-0.25, -0.2) is 0 Å². The average molecular weight is 315 g/mol. The van der Waals surface area contributed by atoms with E-state index in [1.165, 1.54) is 36.8 Å². The van der Waals surface area contributed by atoms with Gasteiger partial charge in [-0.05, 0) is 67.4 Å². The molecule has 0 saturated heterocycles. The van der Waals surface area contributed by atoms with Gasteiger partial charge in [-0.2, -0.15) is 5.26 Å². The number of nitriles is 1. The van der Waals surface area contributed by atoms with Gasteiger partial charge in [0.1, 0.15) is 0 Å². The van der Waals surface area contributed by atoms with Crippen molar-refractivity contribution >= 4 is 0 Å². The molecule has 0 amide bonds. The van der Waals surface area contributed by atoms with Gasteiger partial charge in [0.05, 0.1) is 11.5 Å². The lowest BCUT2D eigenvalue weighted by Gasteiger charge is -2.45. The van der Waals surface area contributed by atoms with Crippen LogP contribution >= 0.6 is 0 Å². The summed E-state index contributed by atoms with van der Waals surface area (Å²) in [5.41, 5.74) is 2.49. The fourth-order valence-electron chi connectivity index (χ4n) is 5.14. The van der Waals surface area contributed by atoms with Crippen LogP contribution in [-0.2, 0) is 5.41 Å². The molecule has 0 aromatic heterocycles. The number of fused-ring (bicyclic) bond motifs is 1. The van der Waals surface area contributed by atoms with Crippen LogP contribution in [0.4, 0.5) is 0 Å². The lowest BCUT2D eigenvalue weighted by molar-refractivity contribution is 0.119. The van der Waals surface area contributed by atoms with Gasteiger partial charge < -0.3 is 0 Å². The SMILES string of the molecule is N#C[C@@]1(c2ccccc2)CC[C@@H]2C[C@@H](c3ccccc3)CCC2C1. The van der Waals surface area contributed by atoms with Crippen LogP contribution < -0.4 is 0 Å². The van der Waals surface area contributed by atoms with Crippen LogP contribution in [0.5, 0.6) is 0 Å². The van der Waals surface area contributed by atoms with Crippen molar-refractivity contribution in [1.29, 1.82) is 5.26 Å². The molecule has 2 aromatic rings. The molecule has 1 unspecified atom stereocenters. The number of rotatable bonds is 2. The highest BCUT2D eigenvalue weighted by atomic mass is 14.5. The normalized spacial score (nSPS) is 32.5. The minimum atomic E-state index is -0.248. The molecule has 0 heterocycles. The van der Waals surface area contributed by atoms with E-state index in [4.69, 9.17) is 0 Å². The smallest absolute Gasteiger partial charge is 0.0825 e. The molecule has 0 bridgehead atoms. The van der Waals surface area contributed by atoms with E-state index in [1.807, 2.05) is 6.07 Å². The predicted molar refractivity (Wildman–Crippen MR) is 97.6 cm³/mol. The zero-order chi connectivity index (χ0) is 16.4. The summed E-state index contributed by atoms with van der Waals surface area (Å²) in [6.07, 6.45) is 7.15. The summed E-state index contributed by atoms with van der Waals surface area (Å²) >= 11 is 0. The van der Waals surface area contributed by atoms with Crippen molar-refractivity contribution in [2.75, 3.05) is 0 Å². The van der Waals surface area contributed by atoms with Crippen molar-refractivity contribution in [1.82, 2.24) is 0 Å². The van der Waals surface area contributed by atoms with Gasteiger partial charge in [-0.1, -0.05) is 60.7 Å². The van der Waals surface area contributed by atoms with Gasteiger partial charge in [0.2, 0.25) is 0 Å². The van der Waals surface area contributed by atoms with Crippen molar-refractivity contribution in [3.05, 3.63) is 71.8 Å². The Hall–Kier alpha value is -2.07. The zero-order valence-electron chi connectivity index (χ0n) is 14.2. The highest BCUT2D eigenvalue weighted by molar-refractivity contribution is 5.33. The molecule has 0 spiro atoms. The van der Waals surface area contributed by atoms with E-state index in [2.05, 4.69) is 60.7 Å². The Morgan fingerprint density at radius 1 is 0.833 bits per heavy atom. The first-order valence-electron chi connectivity index (χ1n) is 9.32. The number of benzene rings is 2. The van der Waals surface area contributed by atoms with Crippen LogP contribution in [0.1, 0.15) is 55.6 Å². The monoisotopic (exact) mass is 315 g/mol. The van der Waals surface area contributed by atoms with Crippen LogP contribution in [0.3, 0.4) is 0 Å². The minimum absolute atomic E-state index is 0.248. The molecule has 2 saturated carbocycles. The standard InChI is InChI=1S/C23H25N/c24-17-23(22-9-5-2-6-10-22)14-13-20-15-19(11-12-21(20)16-23)18-7-3-1-4-8-18/h1-10,19-21H,11-16H2/t19-,20+,21?,23+/m0/s1. The third-order valence-electron chi connectivity index (χ3n) is 6.50. The molecule has 122 valence electrons. The van der Waals surface area contributed by atoms with E-state index in [1.54, 1.807) is 0 Å². The quantitative estimate of drug-likeness (QED) is 0.683. The molecule has 0 radical (unpaired) electrons. The Balaban J connectivity index is 1.51. The zero-order valence-corrected chi connectivity index (χ0v) is 14.2. The lowest BCUT2D eigenvalue weighted by atomic mass is 9.58.